The molecule has 0 aliphatic carbocycles. The molecule has 4 rings (SSSR count). The van der Waals surface area contributed by atoms with Crippen LogP contribution in [0.1, 0.15) is 23.2 Å². The lowest BCUT2D eigenvalue weighted by molar-refractivity contribution is -0.116. The number of nitrogens with zero attached hydrogens (tertiary/aromatic N) is 3. The summed E-state index contributed by atoms with van der Waals surface area (Å²) in [5, 5.41) is 0. The van der Waals surface area contributed by atoms with Gasteiger partial charge in [-0.2, -0.15) is 0 Å². The maximum atomic E-state index is 12.9. The van der Waals surface area contributed by atoms with Crippen LogP contribution in [-0.4, -0.2) is 60.4 Å². The van der Waals surface area contributed by atoms with Gasteiger partial charge in [-0.05, 0) is 37.1 Å². The first-order chi connectivity index (χ1) is 14.1. The summed E-state index contributed by atoms with van der Waals surface area (Å²) in [6.45, 7) is 1.15. The van der Waals surface area contributed by atoms with Gasteiger partial charge in [-0.25, -0.2) is 9.69 Å². The molecule has 7 heteroatoms. The van der Waals surface area contributed by atoms with Gasteiger partial charge in [0.2, 0.25) is 0 Å². The van der Waals surface area contributed by atoms with E-state index in [2.05, 4.69) is 0 Å². The second kappa shape index (κ2) is 7.95. The Morgan fingerprint density at radius 1 is 0.966 bits per heavy atom. The molecular formula is C22H23N3O4. The van der Waals surface area contributed by atoms with Gasteiger partial charge in [-0.3, -0.25) is 9.59 Å². The fourth-order valence-corrected chi connectivity index (χ4v) is 4.01. The Hall–Kier alpha value is -3.35. The molecule has 4 amide bonds. The van der Waals surface area contributed by atoms with Crippen molar-refractivity contribution in [3.63, 3.8) is 0 Å². The van der Waals surface area contributed by atoms with Gasteiger partial charge in [0.25, 0.3) is 11.8 Å². The summed E-state index contributed by atoms with van der Waals surface area (Å²) in [6.07, 6.45) is 1.28. The topological polar surface area (TPSA) is 70.2 Å². The number of imide groups is 1. The highest BCUT2D eigenvalue weighted by atomic mass is 16.5. The molecule has 2 fully saturated rings. The SMILES string of the molecule is COc1ccccc1C(=O)N1CCC(N2CC(=O)N(c3ccccc3)C2=O)CC1. The number of hydrogen-bond donors (Lipinski definition) is 0. The number of benzene rings is 2. The molecule has 2 aromatic carbocycles. The Bertz CT molecular complexity index is 923. The van der Waals surface area contributed by atoms with Crippen LogP contribution in [0, 0.1) is 0 Å². The summed E-state index contributed by atoms with van der Waals surface area (Å²) in [6, 6.07) is 15.8. The standard InChI is InChI=1S/C22H23N3O4/c1-29-19-10-6-5-9-18(19)21(27)23-13-11-16(12-14-23)24-15-20(26)25(22(24)28)17-7-3-2-4-8-17/h2-10,16H,11-15H2,1H3. The number of anilines is 1. The monoisotopic (exact) mass is 393 g/mol. The van der Waals surface area contributed by atoms with E-state index in [-0.39, 0.29) is 30.4 Å². The molecule has 0 atom stereocenters. The van der Waals surface area contributed by atoms with Gasteiger partial charge in [0.05, 0.1) is 18.4 Å². The molecule has 150 valence electrons. The number of rotatable bonds is 4. The molecule has 0 bridgehead atoms. The molecular weight excluding hydrogens is 370 g/mol. The third kappa shape index (κ3) is 3.55. The number of amides is 4. The number of ether oxygens (including phenoxy) is 1. The van der Waals surface area contributed by atoms with Gasteiger partial charge in [0.15, 0.2) is 0 Å². The van der Waals surface area contributed by atoms with Crippen LogP contribution >= 0.6 is 0 Å². The van der Waals surface area contributed by atoms with Gasteiger partial charge < -0.3 is 14.5 Å². The number of carbonyl (C=O) groups excluding carboxylic acids is 3. The van der Waals surface area contributed by atoms with Crippen LogP contribution in [0.5, 0.6) is 5.75 Å². The predicted octanol–water partition coefficient (Wildman–Crippen LogP) is 2.77. The van der Waals surface area contributed by atoms with Gasteiger partial charge >= 0.3 is 6.03 Å². The van der Waals surface area contributed by atoms with E-state index >= 15 is 0 Å². The van der Waals surface area contributed by atoms with Gasteiger partial charge in [-0.1, -0.05) is 30.3 Å². The molecule has 2 saturated heterocycles. The first-order valence-corrected chi connectivity index (χ1v) is 9.71. The number of methoxy groups -OCH3 is 1. The van der Waals surface area contributed by atoms with E-state index in [4.69, 9.17) is 4.74 Å². The molecule has 0 radical (unpaired) electrons. The molecule has 0 aromatic heterocycles. The number of likely N-dealkylation sites (tertiary alicyclic amines) is 1. The fraction of sp³-hybridized carbons (Fsp3) is 0.318. The van der Waals surface area contributed by atoms with Crippen molar-refractivity contribution in [3.05, 3.63) is 60.2 Å². The van der Waals surface area contributed by atoms with Crippen LogP contribution < -0.4 is 9.64 Å². The van der Waals surface area contributed by atoms with Crippen molar-refractivity contribution in [3.8, 4) is 5.75 Å². The largest absolute Gasteiger partial charge is 0.496 e. The predicted molar refractivity (Wildman–Crippen MR) is 108 cm³/mol. The summed E-state index contributed by atoms with van der Waals surface area (Å²) in [4.78, 5) is 42.9. The highest BCUT2D eigenvalue weighted by Crippen LogP contribution is 2.27. The molecule has 29 heavy (non-hydrogen) atoms. The third-order valence-electron chi connectivity index (χ3n) is 5.54. The summed E-state index contributed by atoms with van der Waals surface area (Å²) in [5.74, 6) is 0.266. The Kier molecular flexibility index (Phi) is 5.20. The van der Waals surface area contributed by atoms with Crippen molar-refractivity contribution >= 4 is 23.5 Å². The van der Waals surface area contributed by atoms with Crippen molar-refractivity contribution in [2.24, 2.45) is 0 Å². The Balaban J connectivity index is 1.42. The summed E-state index contributed by atoms with van der Waals surface area (Å²) in [7, 11) is 1.55. The Morgan fingerprint density at radius 3 is 2.31 bits per heavy atom. The average Bonchev–Trinajstić information content (AvgIpc) is 3.07. The minimum Gasteiger partial charge on any atom is -0.496 e. The number of urea groups is 1. The van der Waals surface area contributed by atoms with Crippen molar-refractivity contribution in [2.75, 3.05) is 31.6 Å². The second-order valence-corrected chi connectivity index (χ2v) is 7.20. The minimum absolute atomic E-state index is 0.0538. The van der Waals surface area contributed by atoms with E-state index in [1.54, 1.807) is 53.3 Å². The van der Waals surface area contributed by atoms with Gasteiger partial charge in [0.1, 0.15) is 12.3 Å². The van der Waals surface area contributed by atoms with Crippen LogP contribution in [-0.2, 0) is 4.79 Å². The van der Waals surface area contributed by atoms with Gasteiger partial charge in [-0.15, -0.1) is 0 Å². The number of carbonyl (C=O) groups is 3. The van der Waals surface area contributed by atoms with E-state index in [9.17, 15) is 14.4 Å². The van der Waals surface area contributed by atoms with E-state index in [0.717, 1.165) is 0 Å². The molecule has 2 heterocycles. The lowest BCUT2D eigenvalue weighted by atomic mass is 10.0. The maximum absolute atomic E-state index is 12.9. The summed E-state index contributed by atoms with van der Waals surface area (Å²) < 4.78 is 5.30. The van der Waals surface area contributed by atoms with Crippen molar-refractivity contribution in [1.29, 1.82) is 0 Å². The smallest absolute Gasteiger partial charge is 0.332 e. The first kappa shape index (κ1) is 19.0. The normalized spacial score (nSPS) is 17.8. The van der Waals surface area contributed by atoms with E-state index in [0.29, 0.717) is 42.9 Å². The average molecular weight is 393 g/mol. The van der Waals surface area contributed by atoms with E-state index < -0.39 is 0 Å². The van der Waals surface area contributed by atoms with Crippen molar-refractivity contribution in [2.45, 2.75) is 18.9 Å². The number of piperidine rings is 1. The van der Waals surface area contributed by atoms with E-state index in [1.807, 2.05) is 18.2 Å². The zero-order chi connectivity index (χ0) is 20.4. The van der Waals surface area contributed by atoms with Crippen LogP contribution in [0.15, 0.2) is 54.6 Å². The Labute approximate surface area is 169 Å². The molecule has 0 saturated carbocycles. The molecule has 2 aliphatic heterocycles. The number of para-hydroxylation sites is 2. The van der Waals surface area contributed by atoms with Crippen molar-refractivity contribution < 1.29 is 19.1 Å². The van der Waals surface area contributed by atoms with Crippen LogP contribution in [0.2, 0.25) is 0 Å². The molecule has 0 spiro atoms. The number of hydrogen-bond acceptors (Lipinski definition) is 4. The summed E-state index contributed by atoms with van der Waals surface area (Å²) in [5.41, 5.74) is 1.13. The molecule has 2 aromatic rings. The Morgan fingerprint density at radius 2 is 1.62 bits per heavy atom. The van der Waals surface area contributed by atoms with Crippen LogP contribution in [0.4, 0.5) is 10.5 Å². The zero-order valence-corrected chi connectivity index (χ0v) is 16.3. The lowest BCUT2D eigenvalue weighted by Crippen LogP contribution is -2.48. The van der Waals surface area contributed by atoms with Crippen LogP contribution in [0.25, 0.3) is 0 Å². The first-order valence-electron chi connectivity index (χ1n) is 9.71. The molecule has 0 N–H and O–H groups in total. The van der Waals surface area contributed by atoms with Gasteiger partial charge in [0, 0.05) is 19.1 Å². The fourth-order valence-electron chi connectivity index (χ4n) is 4.01. The lowest BCUT2D eigenvalue weighted by Gasteiger charge is -2.36. The third-order valence-corrected chi connectivity index (χ3v) is 5.54. The highest BCUT2D eigenvalue weighted by Gasteiger charge is 2.41. The van der Waals surface area contributed by atoms with E-state index in [1.165, 1.54) is 4.90 Å². The quantitative estimate of drug-likeness (QED) is 0.749. The maximum Gasteiger partial charge on any atom is 0.332 e. The zero-order valence-electron chi connectivity index (χ0n) is 16.3. The molecule has 7 nitrogen and oxygen atoms in total. The van der Waals surface area contributed by atoms with Crippen LogP contribution in [0.3, 0.4) is 0 Å². The van der Waals surface area contributed by atoms with Crippen molar-refractivity contribution in [1.82, 2.24) is 9.80 Å². The molecule has 0 unspecified atom stereocenters. The minimum atomic E-state index is -0.282. The molecule has 2 aliphatic rings. The summed E-state index contributed by atoms with van der Waals surface area (Å²) >= 11 is 0. The second-order valence-electron chi connectivity index (χ2n) is 7.20. The highest BCUT2D eigenvalue weighted by molar-refractivity contribution is 6.19.